The summed E-state index contributed by atoms with van der Waals surface area (Å²) in [6.07, 6.45) is 0. The molecular formula is C19H28IN3O3S. The Labute approximate surface area is 182 Å². The SMILES string of the molecule is CCNC(=NCC(C)(O)c1ccsc1)NCCOc1cccc(OC)c1.I. The van der Waals surface area contributed by atoms with Gasteiger partial charge in [0.15, 0.2) is 5.96 Å². The second-order valence-electron chi connectivity index (χ2n) is 5.94. The fraction of sp³-hybridized carbons (Fsp3) is 0.421. The minimum Gasteiger partial charge on any atom is -0.497 e. The van der Waals surface area contributed by atoms with Crippen molar-refractivity contribution in [1.29, 1.82) is 0 Å². The number of benzene rings is 1. The second-order valence-corrected chi connectivity index (χ2v) is 6.72. The summed E-state index contributed by atoms with van der Waals surface area (Å²) in [5, 5.41) is 20.8. The van der Waals surface area contributed by atoms with Gasteiger partial charge < -0.3 is 25.2 Å². The van der Waals surface area contributed by atoms with Crippen LogP contribution in [-0.4, -0.2) is 44.4 Å². The molecule has 1 aromatic heterocycles. The van der Waals surface area contributed by atoms with Crippen molar-refractivity contribution < 1.29 is 14.6 Å². The zero-order valence-electron chi connectivity index (χ0n) is 15.9. The van der Waals surface area contributed by atoms with Gasteiger partial charge in [-0.3, -0.25) is 0 Å². The van der Waals surface area contributed by atoms with E-state index in [0.29, 0.717) is 19.1 Å². The van der Waals surface area contributed by atoms with Crippen molar-refractivity contribution in [3.8, 4) is 11.5 Å². The van der Waals surface area contributed by atoms with Crippen LogP contribution in [0.2, 0.25) is 0 Å². The highest BCUT2D eigenvalue weighted by molar-refractivity contribution is 14.0. The maximum atomic E-state index is 10.6. The van der Waals surface area contributed by atoms with Crippen molar-refractivity contribution in [3.63, 3.8) is 0 Å². The zero-order valence-corrected chi connectivity index (χ0v) is 19.0. The summed E-state index contributed by atoms with van der Waals surface area (Å²) >= 11 is 1.56. The Bertz CT molecular complexity index is 693. The maximum absolute atomic E-state index is 10.6. The summed E-state index contributed by atoms with van der Waals surface area (Å²) in [7, 11) is 1.63. The Balaban J connectivity index is 0.00000364. The van der Waals surface area contributed by atoms with E-state index in [0.717, 1.165) is 23.6 Å². The number of methoxy groups -OCH3 is 1. The van der Waals surface area contributed by atoms with Gasteiger partial charge in [0, 0.05) is 12.6 Å². The largest absolute Gasteiger partial charge is 0.497 e. The van der Waals surface area contributed by atoms with Gasteiger partial charge in [-0.1, -0.05) is 6.07 Å². The van der Waals surface area contributed by atoms with Crippen LogP contribution in [0.15, 0.2) is 46.1 Å². The molecule has 6 nitrogen and oxygen atoms in total. The summed E-state index contributed by atoms with van der Waals surface area (Å²) in [5.74, 6) is 2.17. The first-order valence-electron chi connectivity index (χ1n) is 8.59. The predicted molar refractivity (Wildman–Crippen MR) is 122 cm³/mol. The number of nitrogens with one attached hydrogen (secondary N) is 2. The quantitative estimate of drug-likeness (QED) is 0.211. The molecule has 0 fully saturated rings. The van der Waals surface area contributed by atoms with E-state index in [1.807, 2.05) is 48.0 Å². The molecule has 0 radical (unpaired) electrons. The Morgan fingerprint density at radius 1 is 1.26 bits per heavy atom. The van der Waals surface area contributed by atoms with E-state index >= 15 is 0 Å². The molecule has 27 heavy (non-hydrogen) atoms. The number of ether oxygens (including phenoxy) is 2. The lowest BCUT2D eigenvalue weighted by atomic mass is 10.00. The third-order valence-electron chi connectivity index (χ3n) is 3.74. The van der Waals surface area contributed by atoms with Crippen molar-refractivity contribution in [2.24, 2.45) is 4.99 Å². The Morgan fingerprint density at radius 2 is 2.04 bits per heavy atom. The highest BCUT2D eigenvalue weighted by Gasteiger charge is 2.23. The Kier molecular flexibility index (Phi) is 10.5. The number of guanidine groups is 1. The molecule has 0 aliphatic rings. The fourth-order valence-corrected chi connectivity index (χ4v) is 3.05. The Hall–Kier alpha value is -1.52. The van der Waals surface area contributed by atoms with Gasteiger partial charge in [-0.25, -0.2) is 4.99 Å². The van der Waals surface area contributed by atoms with Crippen LogP contribution in [0.1, 0.15) is 19.4 Å². The average molecular weight is 505 g/mol. The number of aliphatic imine (C=N–C) groups is 1. The summed E-state index contributed by atoms with van der Waals surface area (Å²) in [6.45, 7) is 5.86. The number of hydrogen-bond acceptors (Lipinski definition) is 5. The summed E-state index contributed by atoms with van der Waals surface area (Å²) < 4.78 is 10.9. The summed E-state index contributed by atoms with van der Waals surface area (Å²) in [5.41, 5.74) is -0.108. The van der Waals surface area contributed by atoms with Crippen LogP contribution in [0.4, 0.5) is 0 Å². The van der Waals surface area contributed by atoms with E-state index in [-0.39, 0.29) is 30.5 Å². The number of nitrogens with zero attached hydrogens (tertiary/aromatic N) is 1. The lowest BCUT2D eigenvalue weighted by molar-refractivity contribution is 0.0677. The van der Waals surface area contributed by atoms with E-state index < -0.39 is 5.60 Å². The first-order valence-corrected chi connectivity index (χ1v) is 9.53. The van der Waals surface area contributed by atoms with Gasteiger partial charge in [0.1, 0.15) is 23.7 Å². The summed E-state index contributed by atoms with van der Waals surface area (Å²) in [4.78, 5) is 4.49. The van der Waals surface area contributed by atoms with Crippen molar-refractivity contribution in [2.45, 2.75) is 19.4 Å². The zero-order chi connectivity index (χ0) is 18.8. The van der Waals surface area contributed by atoms with Crippen LogP contribution < -0.4 is 20.1 Å². The molecule has 0 aliphatic carbocycles. The molecule has 1 unspecified atom stereocenters. The van der Waals surface area contributed by atoms with Crippen molar-refractivity contribution in [3.05, 3.63) is 46.7 Å². The smallest absolute Gasteiger partial charge is 0.191 e. The fourth-order valence-electron chi connectivity index (χ4n) is 2.27. The summed E-state index contributed by atoms with van der Waals surface area (Å²) in [6, 6.07) is 9.42. The predicted octanol–water partition coefficient (Wildman–Crippen LogP) is 3.22. The molecule has 0 aliphatic heterocycles. The molecule has 8 heteroatoms. The molecule has 0 bridgehead atoms. The van der Waals surface area contributed by atoms with E-state index in [1.165, 1.54) is 0 Å². The highest BCUT2D eigenvalue weighted by atomic mass is 127. The van der Waals surface area contributed by atoms with Crippen LogP contribution in [0.5, 0.6) is 11.5 Å². The monoisotopic (exact) mass is 505 g/mol. The van der Waals surface area contributed by atoms with Crippen LogP contribution in [-0.2, 0) is 5.60 Å². The molecule has 150 valence electrons. The number of halogens is 1. The second kappa shape index (κ2) is 12.0. The standard InChI is InChI=1S/C19H27N3O3S.HI/c1-4-20-18(22-14-19(2,23)15-8-11-26-13-15)21-9-10-25-17-7-5-6-16(12-17)24-3;/h5-8,11-13,23H,4,9-10,14H2,1-3H3,(H2,20,21,22);1H. The van der Waals surface area contributed by atoms with E-state index in [1.54, 1.807) is 25.4 Å². The first-order chi connectivity index (χ1) is 12.5. The van der Waals surface area contributed by atoms with Gasteiger partial charge in [0.25, 0.3) is 0 Å². The normalized spacial score (nSPS) is 13.3. The van der Waals surface area contributed by atoms with E-state index in [4.69, 9.17) is 9.47 Å². The molecule has 1 aromatic carbocycles. The van der Waals surface area contributed by atoms with Crippen LogP contribution in [0.3, 0.4) is 0 Å². The molecule has 0 spiro atoms. The molecule has 3 N–H and O–H groups in total. The minimum absolute atomic E-state index is 0. The van der Waals surface area contributed by atoms with E-state index in [9.17, 15) is 5.11 Å². The van der Waals surface area contributed by atoms with Gasteiger partial charge >= 0.3 is 0 Å². The lowest BCUT2D eigenvalue weighted by Crippen LogP contribution is -2.40. The third kappa shape index (κ3) is 7.94. The van der Waals surface area contributed by atoms with Gasteiger partial charge in [0.2, 0.25) is 0 Å². The van der Waals surface area contributed by atoms with Crippen molar-refractivity contribution in [1.82, 2.24) is 10.6 Å². The first kappa shape index (κ1) is 23.5. The van der Waals surface area contributed by atoms with Gasteiger partial charge in [-0.05, 0) is 48.4 Å². The number of thiophene rings is 1. The molecule has 2 aromatic rings. The highest BCUT2D eigenvalue weighted by Crippen LogP contribution is 2.23. The molecule has 1 heterocycles. The minimum atomic E-state index is -0.987. The van der Waals surface area contributed by atoms with Gasteiger partial charge in [-0.15, -0.1) is 24.0 Å². The number of aliphatic hydroxyl groups is 1. The molecule has 0 saturated heterocycles. The number of hydrogen-bond donors (Lipinski definition) is 3. The molecule has 0 amide bonds. The molecule has 2 rings (SSSR count). The van der Waals surface area contributed by atoms with E-state index in [2.05, 4.69) is 15.6 Å². The molecule has 1 atom stereocenters. The lowest BCUT2D eigenvalue weighted by Gasteiger charge is -2.21. The topological polar surface area (TPSA) is 75.1 Å². The Morgan fingerprint density at radius 3 is 2.70 bits per heavy atom. The average Bonchev–Trinajstić information content (AvgIpc) is 3.19. The molecular weight excluding hydrogens is 477 g/mol. The van der Waals surface area contributed by atoms with Crippen LogP contribution in [0.25, 0.3) is 0 Å². The van der Waals surface area contributed by atoms with Gasteiger partial charge in [-0.2, -0.15) is 11.3 Å². The van der Waals surface area contributed by atoms with Crippen LogP contribution in [0, 0.1) is 0 Å². The molecule has 0 saturated carbocycles. The third-order valence-corrected chi connectivity index (χ3v) is 4.42. The van der Waals surface area contributed by atoms with Crippen molar-refractivity contribution in [2.75, 3.05) is 33.4 Å². The van der Waals surface area contributed by atoms with Gasteiger partial charge in [0.05, 0.1) is 20.2 Å². The van der Waals surface area contributed by atoms with Crippen molar-refractivity contribution >= 4 is 41.3 Å². The maximum Gasteiger partial charge on any atom is 0.191 e. The number of rotatable bonds is 9. The van der Waals surface area contributed by atoms with Crippen LogP contribution >= 0.6 is 35.3 Å².